The Balaban J connectivity index is 1.90. The lowest BCUT2D eigenvalue weighted by molar-refractivity contribution is 0.0890. The Hall–Kier alpha value is -2.61. The van der Waals surface area contributed by atoms with Crippen LogP contribution in [0, 0.1) is 12.3 Å². The maximum absolute atomic E-state index is 6.02. The van der Waals surface area contributed by atoms with E-state index in [1.165, 1.54) is 11.1 Å². The Morgan fingerprint density at radius 2 is 1.89 bits per heavy atom. The second-order valence-electron chi connectivity index (χ2n) is 6.56. The molecule has 0 fully saturated rings. The van der Waals surface area contributed by atoms with Gasteiger partial charge in [0.25, 0.3) is 0 Å². The SMILES string of the molecule is C#CCOCC(CCc1ccc(Cl)cc1)(Cn1cncn1)c1ccccc1. The summed E-state index contributed by atoms with van der Waals surface area (Å²) in [6, 6.07) is 18.4. The zero-order valence-corrected chi connectivity index (χ0v) is 15.8. The molecular weight excluding hydrogens is 358 g/mol. The van der Waals surface area contributed by atoms with Crippen molar-refractivity contribution in [2.75, 3.05) is 13.2 Å². The Morgan fingerprint density at radius 3 is 2.56 bits per heavy atom. The first kappa shape index (κ1) is 19.2. The molecule has 3 aromatic rings. The maximum atomic E-state index is 6.02. The summed E-state index contributed by atoms with van der Waals surface area (Å²) in [5.74, 6) is 2.56. The molecule has 0 spiro atoms. The van der Waals surface area contributed by atoms with Crippen LogP contribution in [0.25, 0.3) is 0 Å². The van der Waals surface area contributed by atoms with Crippen LogP contribution >= 0.6 is 11.6 Å². The molecule has 0 saturated carbocycles. The largest absolute Gasteiger partial charge is 0.368 e. The second kappa shape index (κ2) is 9.36. The number of aryl methyl sites for hydroxylation is 1. The molecule has 0 bridgehead atoms. The second-order valence-corrected chi connectivity index (χ2v) is 7.00. The fraction of sp³-hybridized carbons (Fsp3) is 0.273. The number of terminal acetylenes is 1. The van der Waals surface area contributed by atoms with Crippen LogP contribution in [-0.4, -0.2) is 28.0 Å². The highest BCUT2D eigenvalue weighted by Crippen LogP contribution is 2.32. The molecule has 138 valence electrons. The number of ether oxygens (including phenoxy) is 1. The van der Waals surface area contributed by atoms with Crippen molar-refractivity contribution in [1.82, 2.24) is 14.8 Å². The smallest absolute Gasteiger partial charge is 0.137 e. The fourth-order valence-corrected chi connectivity index (χ4v) is 3.40. The molecule has 1 unspecified atom stereocenters. The Bertz CT molecular complexity index is 857. The van der Waals surface area contributed by atoms with Crippen LogP contribution in [0.4, 0.5) is 0 Å². The molecular formula is C22H22ClN3O. The van der Waals surface area contributed by atoms with Crippen molar-refractivity contribution in [2.24, 2.45) is 0 Å². The number of aromatic nitrogens is 3. The van der Waals surface area contributed by atoms with E-state index < -0.39 is 0 Å². The average Bonchev–Trinajstić information content (AvgIpc) is 3.21. The Labute approximate surface area is 165 Å². The minimum Gasteiger partial charge on any atom is -0.368 e. The van der Waals surface area contributed by atoms with Crippen molar-refractivity contribution in [2.45, 2.75) is 24.8 Å². The predicted octanol–water partition coefficient (Wildman–Crippen LogP) is 4.15. The van der Waals surface area contributed by atoms with E-state index in [1.807, 2.05) is 22.9 Å². The van der Waals surface area contributed by atoms with Crippen molar-refractivity contribution in [3.05, 3.63) is 83.4 Å². The highest BCUT2D eigenvalue weighted by Gasteiger charge is 2.33. The lowest BCUT2D eigenvalue weighted by atomic mass is 9.76. The van der Waals surface area contributed by atoms with E-state index in [0.717, 1.165) is 17.9 Å². The van der Waals surface area contributed by atoms with Gasteiger partial charge >= 0.3 is 0 Å². The van der Waals surface area contributed by atoms with Crippen molar-refractivity contribution in [3.63, 3.8) is 0 Å². The molecule has 5 heteroatoms. The molecule has 4 nitrogen and oxygen atoms in total. The first-order valence-corrected chi connectivity index (χ1v) is 9.23. The number of nitrogens with zero attached hydrogens (tertiary/aromatic N) is 3. The van der Waals surface area contributed by atoms with Gasteiger partial charge in [0, 0.05) is 10.4 Å². The van der Waals surface area contributed by atoms with Gasteiger partial charge in [-0.2, -0.15) is 5.10 Å². The van der Waals surface area contributed by atoms with Crippen molar-refractivity contribution < 1.29 is 4.74 Å². The molecule has 1 atom stereocenters. The third-order valence-corrected chi connectivity index (χ3v) is 4.94. The number of benzene rings is 2. The lowest BCUT2D eigenvalue weighted by Gasteiger charge is -2.34. The van der Waals surface area contributed by atoms with E-state index >= 15 is 0 Å². The molecule has 0 N–H and O–H groups in total. The molecule has 0 radical (unpaired) electrons. The Morgan fingerprint density at radius 1 is 1.11 bits per heavy atom. The van der Waals surface area contributed by atoms with Crippen molar-refractivity contribution in [3.8, 4) is 12.3 Å². The first-order chi connectivity index (χ1) is 13.2. The van der Waals surface area contributed by atoms with Crippen molar-refractivity contribution in [1.29, 1.82) is 0 Å². The molecule has 2 aromatic carbocycles. The summed E-state index contributed by atoms with van der Waals surface area (Å²) < 4.78 is 7.70. The van der Waals surface area contributed by atoms with Gasteiger partial charge < -0.3 is 4.74 Å². The van der Waals surface area contributed by atoms with Gasteiger partial charge in [-0.15, -0.1) is 6.42 Å². The average molecular weight is 380 g/mol. The number of rotatable bonds is 9. The van der Waals surface area contributed by atoms with Crippen LogP contribution in [0.5, 0.6) is 0 Å². The number of hydrogen-bond donors (Lipinski definition) is 0. The highest BCUT2D eigenvalue weighted by molar-refractivity contribution is 6.30. The van der Waals surface area contributed by atoms with Gasteiger partial charge in [-0.05, 0) is 36.1 Å². The van der Waals surface area contributed by atoms with Gasteiger partial charge in [-0.3, -0.25) is 4.68 Å². The van der Waals surface area contributed by atoms with Gasteiger partial charge in [0.05, 0.1) is 13.2 Å². The molecule has 0 aliphatic carbocycles. The van der Waals surface area contributed by atoms with E-state index in [4.69, 9.17) is 22.8 Å². The van der Waals surface area contributed by atoms with Crippen molar-refractivity contribution >= 4 is 11.6 Å². The van der Waals surface area contributed by atoms with Gasteiger partial charge in [-0.1, -0.05) is 60.0 Å². The highest BCUT2D eigenvalue weighted by atomic mass is 35.5. The molecule has 0 aliphatic rings. The summed E-state index contributed by atoms with van der Waals surface area (Å²) in [6.07, 6.45) is 10.5. The van der Waals surface area contributed by atoms with E-state index in [9.17, 15) is 0 Å². The van der Waals surface area contributed by atoms with Crippen LogP contribution in [0.2, 0.25) is 5.02 Å². The van der Waals surface area contributed by atoms with E-state index in [0.29, 0.717) is 13.2 Å². The lowest BCUT2D eigenvalue weighted by Crippen LogP contribution is -2.38. The molecule has 0 aliphatic heterocycles. The number of halogens is 1. The third kappa shape index (κ3) is 5.19. The van der Waals surface area contributed by atoms with Crippen LogP contribution < -0.4 is 0 Å². The summed E-state index contributed by atoms with van der Waals surface area (Å²) >= 11 is 6.02. The molecule has 0 amide bonds. The van der Waals surface area contributed by atoms with E-state index in [2.05, 4.69) is 52.4 Å². The summed E-state index contributed by atoms with van der Waals surface area (Å²) in [5, 5.41) is 5.06. The monoisotopic (exact) mass is 379 g/mol. The van der Waals surface area contributed by atoms with Gasteiger partial charge in [-0.25, -0.2) is 4.98 Å². The molecule has 1 heterocycles. The zero-order chi connectivity index (χ0) is 19.0. The van der Waals surface area contributed by atoms with Crippen LogP contribution in [0.3, 0.4) is 0 Å². The topological polar surface area (TPSA) is 39.9 Å². The maximum Gasteiger partial charge on any atom is 0.137 e. The van der Waals surface area contributed by atoms with Crippen LogP contribution in [0.15, 0.2) is 67.3 Å². The molecule has 0 saturated heterocycles. The van der Waals surface area contributed by atoms with E-state index in [1.54, 1.807) is 12.7 Å². The quantitative estimate of drug-likeness (QED) is 0.414. The Kier molecular flexibility index (Phi) is 6.64. The molecule has 27 heavy (non-hydrogen) atoms. The number of hydrogen-bond acceptors (Lipinski definition) is 3. The van der Waals surface area contributed by atoms with Gasteiger partial charge in [0.2, 0.25) is 0 Å². The summed E-state index contributed by atoms with van der Waals surface area (Å²) in [4.78, 5) is 4.09. The van der Waals surface area contributed by atoms with Crippen LogP contribution in [0.1, 0.15) is 17.5 Å². The first-order valence-electron chi connectivity index (χ1n) is 8.85. The summed E-state index contributed by atoms with van der Waals surface area (Å²) in [7, 11) is 0. The summed E-state index contributed by atoms with van der Waals surface area (Å²) in [5.41, 5.74) is 2.16. The van der Waals surface area contributed by atoms with Gasteiger partial charge in [0.15, 0.2) is 0 Å². The van der Waals surface area contributed by atoms with E-state index in [-0.39, 0.29) is 12.0 Å². The summed E-state index contributed by atoms with van der Waals surface area (Å²) in [6.45, 7) is 1.46. The zero-order valence-electron chi connectivity index (χ0n) is 15.1. The van der Waals surface area contributed by atoms with Crippen LogP contribution in [-0.2, 0) is 23.1 Å². The predicted molar refractivity (Wildman–Crippen MR) is 108 cm³/mol. The minimum atomic E-state index is -0.272. The normalized spacial score (nSPS) is 13.0. The molecule has 1 aromatic heterocycles. The molecule has 3 rings (SSSR count). The third-order valence-electron chi connectivity index (χ3n) is 4.69. The standard InChI is InChI=1S/C22H22ClN3O/c1-2-14-27-16-22(15-26-18-24-17-25-26,20-6-4-3-5-7-20)13-12-19-8-10-21(23)11-9-19/h1,3-11,17-18H,12-16H2. The fourth-order valence-electron chi connectivity index (χ4n) is 3.27. The minimum absolute atomic E-state index is 0.272. The van der Waals surface area contributed by atoms with Gasteiger partial charge in [0.1, 0.15) is 19.3 Å².